The van der Waals surface area contributed by atoms with Gasteiger partial charge in [0.2, 0.25) is 0 Å². The van der Waals surface area contributed by atoms with Crippen molar-refractivity contribution in [2.75, 3.05) is 0 Å². The Morgan fingerprint density at radius 2 is 1.88 bits per heavy atom. The highest BCUT2D eigenvalue weighted by molar-refractivity contribution is 6.31. The van der Waals surface area contributed by atoms with Gasteiger partial charge in [-0.1, -0.05) is 55.2 Å². The van der Waals surface area contributed by atoms with Crippen LogP contribution in [0.4, 0.5) is 0 Å². The van der Waals surface area contributed by atoms with Gasteiger partial charge in [0.1, 0.15) is 18.4 Å². The van der Waals surface area contributed by atoms with Crippen LogP contribution < -0.4 is 10.1 Å². The predicted octanol–water partition coefficient (Wildman–Crippen LogP) is 4.77. The van der Waals surface area contributed by atoms with Gasteiger partial charge in [-0.05, 0) is 30.2 Å². The molecule has 6 heteroatoms. The zero-order valence-electron chi connectivity index (χ0n) is 14.1. The van der Waals surface area contributed by atoms with E-state index in [1.807, 2.05) is 38.1 Å². The van der Waals surface area contributed by atoms with Crippen molar-refractivity contribution in [2.45, 2.75) is 33.0 Å². The highest BCUT2D eigenvalue weighted by Gasteiger charge is 2.21. The largest absolute Gasteiger partial charge is 0.489 e. The van der Waals surface area contributed by atoms with Gasteiger partial charge < -0.3 is 9.84 Å². The molecule has 0 amide bonds. The molecule has 0 saturated heterocycles. The molecule has 0 radical (unpaired) electrons. The maximum Gasteiger partial charge on any atom is 0.320 e. The Balaban J connectivity index is 2.11. The summed E-state index contributed by atoms with van der Waals surface area (Å²) in [6.45, 7) is 4.38. The molecule has 0 aliphatic heterocycles. The van der Waals surface area contributed by atoms with E-state index in [-0.39, 0.29) is 5.92 Å². The number of aliphatic carboxylic acids is 1. The molecule has 2 N–H and O–H groups in total. The van der Waals surface area contributed by atoms with Gasteiger partial charge in [-0.15, -0.1) is 0 Å². The van der Waals surface area contributed by atoms with Crippen LogP contribution in [0.1, 0.15) is 25.0 Å². The molecule has 1 unspecified atom stereocenters. The maximum absolute atomic E-state index is 11.3. The van der Waals surface area contributed by atoms with Crippen LogP contribution in [0.2, 0.25) is 10.0 Å². The van der Waals surface area contributed by atoms with Gasteiger partial charge >= 0.3 is 5.97 Å². The maximum atomic E-state index is 11.3. The molecule has 0 aliphatic carbocycles. The quantitative estimate of drug-likeness (QED) is 0.691. The van der Waals surface area contributed by atoms with E-state index in [1.54, 1.807) is 18.2 Å². The molecule has 4 nitrogen and oxygen atoms in total. The molecule has 0 spiro atoms. The van der Waals surface area contributed by atoms with E-state index in [1.165, 1.54) is 0 Å². The Kier molecular flexibility index (Phi) is 7.12. The molecular formula is C19H21Cl2NO3. The first-order valence-corrected chi connectivity index (χ1v) is 8.75. The van der Waals surface area contributed by atoms with Crippen LogP contribution in [-0.4, -0.2) is 17.1 Å². The molecule has 25 heavy (non-hydrogen) atoms. The van der Waals surface area contributed by atoms with Crippen molar-refractivity contribution < 1.29 is 14.6 Å². The van der Waals surface area contributed by atoms with E-state index in [0.29, 0.717) is 28.9 Å². The topological polar surface area (TPSA) is 58.6 Å². The second kappa shape index (κ2) is 9.09. The summed E-state index contributed by atoms with van der Waals surface area (Å²) in [5, 5.41) is 13.6. The Morgan fingerprint density at radius 3 is 2.52 bits per heavy atom. The minimum Gasteiger partial charge on any atom is -0.489 e. The van der Waals surface area contributed by atoms with Gasteiger partial charge in [0.25, 0.3) is 0 Å². The lowest BCUT2D eigenvalue weighted by atomic mass is 10.0. The van der Waals surface area contributed by atoms with Crippen molar-refractivity contribution in [3.63, 3.8) is 0 Å². The first-order chi connectivity index (χ1) is 11.9. The van der Waals surface area contributed by atoms with Crippen LogP contribution in [-0.2, 0) is 17.9 Å². The van der Waals surface area contributed by atoms with Crippen molar-refractivity contribution in [1.29, 1.82) is 0 Å². The average molecular weight is 382 g/mol. The molecule has 0 bridgehead atoms. The zero-order valence-corrected chi connectivity index (χ0v) is 15.6. The Hall–Kier alpha value is -1.75. The first kappa shape index (κ1) is 19.6. The van der Waals surface area contributed by atoms with Crippen molar-refractivity contribution >= 4 is 29.2 Å². The van der Waals surface area contributed by atoms with Crippen LogP contribution in [0.5, 0.6) is 5.75 Å². The van der Waals surface area contributed by atoms with Gasteiger partial charge in [-0.2, -0.15) is 0 Å². The fourth-order valence-corrected chi connectivity index (χ4v) is 2.81. The number of carboxylic acids is 1. The summed E-state index contributed by atoms with van der Waals surface area (Å²) in [5.74, 6) is -0.274. The number of hydrogen-bond acceptors (Lipinski definition) is 3. The van der Waals surface area contributed by atoms with Crippen LogP contribution in [0.25, 0.3) is 0 Å². The average Bonchev–Trinajstić information content (AvgIpc) is 2.55. The van der Waals surface area contributed by atoms with Gasteiger partial charge in [-0.3, -0.25) is 10.1 Å². The van der Waals surface area contributed by atoms with Crippen LogP contribution in [0, 0.1) is 5.92 Å². The highest BCUT2D eigenvalue weighted by Crippen LogP contribution is 2.25. The van der Waals surface area contributed by atoms with E-state index in [9.17, 15) is 9.90 Å². The van der Waals surface area contributed by atoms with E-state index >= 15 is 0 Å². The summed E-state index contributed by atoms with van der Waals surface area (Å²) in [6.07, 6.45) is 0. The zero-order chi connectivity index (χ0) is 18.4. The number of carbonyl (C=O) groups is 1. The number of nitrogens with one attached hydrogen (secondary N) is 1. The number of hydrogen-bond donors (Lipinski definition) is 2. The molecule has 2 rings (SSSR count). The highest BCUT2D eigenvalue weighted by atomic mass is 35.5. The Bertz CT molecular complexity index is 734. The smallest absolute Gasteiger partial charge is 0.320 e. The summed E-state index contributed by atoms with van der Waals surface area (Å²) in [4.78, 5) is 11.3. The number of ether oxygens (including phenoxy) is 1. The summed E-state index contributed by atoms with van der Waals surface area (Å²) >= 11 is 12.2. The second-order valence-electron chi connectivity index (χ2n) is 6.07. The molecule has 2 aromatic carbocycles. The molecular weight excluding hydrogens is 361 g/mol. The Labute approximate surface area is 157 Å². The Morgan fingerprint density at radius 1 is 1.16 bits per heavy atom. The van der Waals surface area contributed by atoms with E-state index < -0.39 is 12.0 Å². The summed E-state index contributed by atoms with van der Waals surface area (Å²) in [6, 6.07) is 12.1. The SMILES string of the molecule is CC(C)C(NCc1cc(Cl)ccc1OCc1ccccc1Cl)C(=O)O. The van der Waals surface area contributed by atoms with E-state index in [2.05, 4.69) is 5.32 Å². The summed E-state index contributed by atoms with van der Waals surface area (Å²) < 4.78 is 5.88. The van der Waals surface area contributed by atoms with E-state index in [4.69, 9.17) is 27.9 Å². The number of halogens is 2. The van der Waals surface area contributed by atoms with Gasteiger partial charge in [0, 0.05) is 27.7 Å². The van der Waals surface area contributed by atoms with Gasteiger partial charge in [0.15, 0.2) is 0 Å². The van der Waals surface area contributed by atoms with Crippen LogP contribution in [0.3, 0.4) is 0 Å². The molecule has 1 atom stereocenters. The minimum atomic E-state index is -0.879. The fraction of sp³-hybridized carbons (Fsp3) is 0.316. The number of rotatable bonds is 8. The third-order valence-corrected chi connectivity index (χ3v) is 4.41. The lowest BCUT2D eigenvalue weighted by molar-refractivity contribution is -0.140. The fourth-order valence-electron chi connectivity index (χ4n) is 2.43. The van der Waals surface area contributed by atoms with Crippen molar-refractivity contribution in [3.05, 3.63) is 63.6 Å². The number of carboxylic acid groups (broad SMARTS) is 1. The van der Waals surface area contributed by atoms with Gasteiger partial charge in [-0.25, -0.2) is 0 Å². The first-order valence-electron chi connectivity index (χ1n) is 7.99. The standard InChI is InChI=1S/C19H21Cl2NO3/c1-12(2)18(19(23)24)22-10-14-9-15(20)7-8-17(14)25-11-13-5-3-4-6-16(13)21/h3-9,12,18,22H,10-11H2,1-2H3,(H,23,24). The lowest BCUT2D eigenvalue weighted by Gasteiger charge is -2.19. The second-order valence-corrected chi connectivity index (χ2v) is 6.92. The number of benzene rings is 2. The lowest BCUT2D eigenvalue weighted by Crippen LogP contribution is -2.40. The molecule has 2 aromatic rings. The minimum absolute atomic E-state index is 0.0378. The predicted molar refractivity (Wildman–Crippen MR) is 100 cm³/mol. The van der Waals surface area contributed by atoms with E-state index in [0.717, 1.165) is 11.1 Å². The molecule has 134 valence electrons. The van der Waals surface area contributed by atoms with Crippen molar-refractivity contribution in [2.24, 2.45) is 5.92 Å². The molecule has 0 aromatic heterocycles. The normalized spacial score (nSPS) is 12.2. The van der Waals surface area contributed by atoms with Crippen molar-refractivity contribution in [1.82, 2.24) is 5.32 Å². The molecule has 0 fully saturated rings. The van der Waals surface area contributed by atoms with Crippen LogP contribution >= 0.6 is 23.2 Å². The molecule has 0 saturated carbocycles. The molecule has 0 aliphatic rings. The van der Waals surface area contributed by atoms with Crippen molar-refractivity contribution in [3.8, 4) is 5.75 Å². The summed E-state index contributed by atoms with van der Waals surface area (Å²) in [7, 11) is 0. The van der Waals surface area contributed by atoms with Gasteiger partial charge in [0.05, 0.1) is 0 Å². The molecule has 0 heterocycles. The summed E-state index contributed by atoms with van der Waals surface area (Å²) in [5.41, 5.74) is 1.68. The third-order valence-electron chi connectivity index (χ3n) is 3.81. The monoisotopic (exact) mass is 381 g/mol. The third kappa shape index (κ3) is 5.63. The van der Waals surface area contributed by atoms with Crippen LogP contribution in [0.15, 0.2) is 42.5 Å².